The van der Waals surface area contributed by atoms with Crippen LogP contribution in [0.2, 0.25) is 0 Å². The Hall–Kier alpha value is -2.60. The Bertz CT molecular complexity index is 1390. The molecule has 0 spiro atoms. The topological polar surface area (TPSA) is 44.8 Å². The van der Waals surface area contributed by atoms with Crippen LogP contribution in [-0.2, 0) is 13.0 Å². The van der Waals surface area contributed by atoms with Crippen molar-refractivity contribution in [3.63, 3.8) is 0 Å². The zero-order valence-corrected chi connectivity index (χ0v) is 17.5. The van der Waals surface area contributed by atoms with Gasteiger partial charge in [0.15, 0.2) is 0 Å². The third kappa shape index (κ3) is 7.24. The molecular formula is C25H34FN3O2. The molecule has 2 aromatic carbocycles. The summed E-state index contributed by atoms with van der Waals surface area (Å²) in [5.74, 6) is -2.04. The fourth-order valence-electron chi connectivity index (χ4n) is 2.55. The van der Waals surface area contributed by atoms with E-state index in [1.807, 2.05) is 5.32 Å². The van der Waals surface area contributed by atoms with E-state index in [4.69, 9.17) is 23.9 Å². The standard InChI is InChI=1S/C25H34FN3O2/c1-19(2)18-31-24-10-6-20(7-11-24)16-27-25(30)29(23-12-14-28(3)15-13-23)17-21-4-8-22(26)9-5-21/h4-11,19,23H,12-18H2,1-3H3,(H,27,30)/i4D,5D,8D,9D,14D2,15D2,16D2,17D2,18D2. The molecule has 3 rings (SSSR count). The number of piperidine rings is 1. The Kier molecular flexibility index (Phi) is 3.89. The minimum Gasteiger partial charge on any atom is -0.493 e. The number of hydrogen-bond acceptors (Lipinski definition) is 3. The van der Waals surface area contributed by atoms with Gasteiger partial charge in [0.25, 0.3) is 0 Å². The average molecular weight is 442 g/mol. The number of halogens is 1. The molecular weight excluding hydrogens is 393 g/mol. The third-order valence-corrected chi connectivity index (χ3v) is 4.12. The molecule has 0 bridgehead atoms. The zero-order valence-electron chi connectivity index (χ0n) is 31.5. The predicted molar refractivity (Wildman–Crippen MR) is 121 cm³/mol. The highest BCUT2D eigenvalue weighted by Gasteiger charge is 2.27. The summed E-state index contributed by atoms with van der Waals surface area (Å²) in [6.07, 6.45) is -1.40. The van der Waals surface area contributed by atoms with Crippen molar-refractivity contribution >= 4 is 6.03 Å². The van der Waals surface area contributed by atoms with Gasteiger partial charge >= 0.3 is 6.03 Å². The Morgan fingerprint density at radius 2 is 1.90 bits per heavy atom. The molecule has 5 nitrogen and oxygen atoms in total. The maximum absolute atomic E-state index is 14.3. The number of ether oxygens (including phenoxy) is 1. The van der Waals surface area contributed by atoms with E-state index in [0.29, 0.717) is 0 Å². The molecule has 1 N–H and O–H groups in total. The third-order valence-electron chi connectivity index (χ3n) is 4.12. The molecule has 0 atom stereocenters. The van der Waals surface area contributed by atoms with Gasteiger partial charge in [0.1, 0.15) is 11.6 Å². The first-order valence-corrected chi connectivity index (χ1v) is 9.69. The molecule has 0 saturated carbocycles. The van der Waals surface area contributed by atoms with E-state index in [2.05, 4.69) is 0 Å². The summed E-state index contributed by atoms with van der Waals surface area (Å²) in [6.45, 7) is -9.92. The summed E-state index contributed by atoms with van der Waals surface area (Å²) in [7, 11) is 1.15. The highest BCUT2D eigenvalue weighted by atomic mass is 19.1. The largest absolute Gasteiger partial charge is 0.493 e. The van der Waals surface area contributed by atoms with Crippen molar-refractivity contribution in [3.05, 3.63) is 65.4 Å². The van der Waals surface area contributed by atoms with E-state index in [1.165, 1.54) is 24.3 Å². The number of nitrogens with one attached hydrogen (secondary N) is 1. The molecule has 0 radical (unpaired) electrons. The smallest absolute Gasteiger partial charge is 0.318 e. The molecule has 6 heteroatoms. The van der Waals surface area contributed by atoms with Crippen molar-refractivity contribution in [1.82, 2.24) is 15.1 Å². The summed E-state index contributed by atoms with van der Waals surface area (Å²) >= 11 is 0. The molecule has 0 aliphatic carbocycles. The minimum absolute atomic E-state index is 0.0491. The second kappa shape index (κ2) is 11.1. The second-order valence-corrected chi connectivity index (χ2v) is 7.06. The quantitative estimate of drug-likeness (QED) is 0.648. The molecule has 0 unspecified atom stereocenters. The number of likely N-dealkylation sites (tertiary alicyclic amines) is 1. The Balaban J connectivity index is 2.11. The number of nitrogens with zero attached hydrogens (tertiary/aromatic N) is 2. The van der Waals surface area contributed by atoms with E-state index < -0.39 is 98.9 Å². The van der Waals surface area contributed by atoms with Gasteiger partial charge in [-0.05, 0) is 74.1 Å². The van der Waals surface area contributed by atoms with Gasteiger partial charge in [-0.15, -0.1) is 0 Å². The van der Waals surface area contributed by atoms with E-state index in [1.54, 1.807) is 13.8 Å². The van der Waals surface area contributed by atoms with E-state index in [0.717, 1.165) is 11.9 Å². The fraction of sp³-hybridized carbons (Fsp3) is 0.480. The predicted octanol–water partition coefficient (Wildman–Crippen LogP) is 4.67. The van der Waals surface area contributed by atoms with Gasteiger partial charge in [-0.2, -0.15) is 0 Å². The molecule has 2 aromatic rings. The maximum atomic E-state index is 14.3. The van der Waals surface area contributed by atoms with Crippen LogP contribution in [0, 0.1) is 11.7 Å². The lowest BCUT2D eigenvalue weighted by Crippen LogP contribution is -2.49. The van der Waals surface area contributed by atoms with Crippen LogP contribution in [0.15, 0.2) is 48.4 Å². The van der Waals surface area contributed by atoms with Crippen LogP contribution in [0.1, 0.15) is 57.0 Å². The van der Waals surface area contributed by atoms with Crippen LogP contribution in [0.5, 0.6) is 5.75 Å². The number of carbonyl (C=O) groups is 1. The van der Waals surface area contributed by atoms with Crippen LogP contribution < -0.4 is 10.1 Å². The van der Waals surface area contributed by atoms with Crippen LogP contribution in [0.25, 0.3) is 0 Å². The highest BCUT2D eigenvalue weighted by molar-refractivity contribution is 5.74. The van der Waals surface area contributed by atoms with Crippen LogP contribution in [0.3, 0.4) is 0 Å². The summed E-state index contributed by atoms with van der Waals surface area (Å²) < 4.78 is 136. The highest BCUT2D eigenvalue weighted by Crippen LogP contribution is 2.19. The lowest BCUT2D eigenvalue weighted by Gasteiger charge is -2.37. The van der Waals surface area contributed by atoms with Gasteiger partial charge in [-0.25, -0.2) is 9.18 Å². The molecule has 0 aromatic heterocycles. The number of urea groups is 1. The van der Waals surface area contributed by atoms with E-state index in [9.17, 15) is 9.18 Å². The summed E-state index contributed by atoms with van der Waals surface area (Å²) in [5, 5.41) is 1.99. The van der Waals surface area contributed by atoms with Gasteiger partial charge in [0.05, 0.1) is 20.3 Å². The first-order valence-electron chi connectivity index (χ1n) is 16.7. The number of benzene rings is 2. The molecule has 2 amide bonds. The molecule has 1 fully saturated rings. The summed E-state index contributed by atoms with van der Waals surface area (Å²) in [5.41, 5.74) is -1.29. The van der Waals surface area contributed by atoms with Crippen LogP contribution >= 0.6 is 0 Å². The van der Waals surface area contributed by atoms with Crippen molar-refractivity contribution in [3.8, 4) is 5.75 Å². The van der Waals surface area contributed by atoms with Crippen molar-refractivity contribution in [2.75, 3.05) is 26.6 Å². The number of rotatable bonds is 8. The Labute approximate surface area is 204 Å². The zero-order chi connectivity index (χ0) is 34.7. The fourth-order valence-corrected chi connectivity index (χ4v) is 2.55. The summed E-state index contributed by atoms with van der Waals surface area (Å²) in [4.78, 5) is 14.8. The Morgan fingerprint density at radius 3 is 2.52 bits per heavy atom. The summed E-state index contributed by atoms with van der Waals surface area (Å²) in [6, 6.07) is -3.17. The molecule has 1 aliphatic rings. The van der Waals surface area contributed by atoms with Crippen LogP contribution in [0.4, 0.5) is 9.18 Å². The first-order chi connectivity index (χ1) is 20.3. The van der Waals surface area contributed by atoms with Gasteiger partial charge in [-0.3, -0.25) is 0 Å². The lowest BCUT2D eigenvalue weighted by atomic mass is 10.0. The normalized spacial score (nSPS) is 26.4. The first kappa shape index (κ1) is 10.8. The monoisotopic (exact) mass is 441 g/mol. The molecule has 31 heavy (non-hydrogen) atoms. The Morgan fingerprint density at radius 1 is 1.26 bits per heavy atom. The van der Waals surface area contributed by atoms with Crippen molar-refractivity contribution < 1.29 is 33.1 Å². The molecule has 168 valence electrons. The molecule has 1 heterocycles. The van der Waals surface area contributed by atoms with Crippen LogP contribution in [-0.4, -0.2) is 48.5 Å². The molecule has 1 aliphatic heterocycles. The number of amides is 2. The van der Waals surface area contributed by atoms with Gasteiger partial charge in [0, 0.05) is 24.5 Å². The second-order valence-electron chi connectivity index (χ2n) is 7.06. The number of carbonyl (C=O) groups excluding carboxylic acids is 1. The average Bonchev–Trinajstić information content (AvgIpc) is 2.88. The van der Waals surface area contributed by atoms with Crippen molar-refractivity contribution in [1.29, 1.82) is 0 Å². The van der Waals surface area contributed by atoms with E-state index >= 15 is 0 Å². The van der Waals surface area contributed by atoms with Gasteiger partial charge in [0.2, 0.25) is 0 Å². The minimum atomic E-state index is -3.37. The van der Waals surface area contributed by atoms with Crippen molar-refractivity contribution in [2.45, 2.75) is 45.7 Å². The van der Waals surface area contributed by atoms with E-state index in [-0.39, 0.29) is 16.2 Å². The lowest BCUT2D eigenvalue weighted by molar-refractivity contribution is 0.127. The van der Waals surface area contributed by atoms with Crippen molar-refractivity contribution in [2.24, 2.45) is 5.92 Å². The van der Waals surface area contributed by atoms with Gasteiger partial charge in [-0.1, -0.05) is 38.1 Å². The van der Waals surface area contributed by atoms with Gasteiger partial charge < -0.3 is 19.9 Å². The SMILES string of the molecule is [2H]c1c([2H])c(C([2H])([2H])N(C(=O)NC([2H])([2H])c2ccc(OC([2H])([2H])C(C)C)cc2)C2CC([2H])([2H])N(C)C([2H])([2H])C2)c([2H])c([2H])c1F. The molecule has 1 saturated heterocycles. The maximum Gasteiger partial charge on any atom is 0.318 e. The number of hydrogen-bond donors (Lipinski definition) is 1.